The first-order valence-electron chi connectivity index (χ1n) is 10.5. The summed E-state index contributed by atoms with van der Waals surface area (Å²) in [5.74, 6) is 0. The average molecular weight is 398 g/mol. The summed E-state index contributed by atoms with van der Waals surface area (Å²) in [6.45, 7) is 6.41. The Bertz CT molecular complexity index is 1090. The van der Waals surface area contributed by atoms with Gasteiger partial charge in [0, 0.05) is 12.1 Å². The van der Waals surface area contributed by atoms with Crippen LogP contribution in [0.15, 0.2) is 48.5 Å². The molecule has 0 atom stereocenters. The van der Waals surface area contributed by atoms with Crippen molar-refractivity contribution in [1.29, 1.82) is 0 Å². The number of non-ortho nitro benzene ring substituents is 1. The van der Waals surface area contributed by atoms with Crippen LogP contribution in [0, 0.1) is 30.9 Å². The molecule has 3 nitrogen and oxygen atoms in total. The molecule has 3 aromatic rings. The number of benzene rings is 3. The largest absolute Gasteiger partial charge is 0.269 e. The van der Waals surface area contributed by atoms with E-state index in [4.69, 9.17) is 0 Å². The molecule has 0 spiro atoms. The molecule has 152 valence electrons. The maximum atomic E-state index is 11.4. The van der Waals surface area contributed by atoms with Gasteiger partial charge in [-0.25, -0.2) is 0 Å². The second-order valence-electron chi connectivity index (χ2n) is 8.35. The van der Waals surface area contributed by atoms with E-state index >= 15 is 0 Å². The van der Waals surface area contributed by atoms with Crippen LogP contribution in [0.1, 0.15) is 50.1 Å². The Morgan fingerprint density at radius 3 is 1.60 bits per heavy atom. The van der Waals surface area contributed by atoms with Gasteiger partial charge >= 0.3 is 0 Å². The molecule has 0 saturated carbocycles. The standard InChI is InChI=1S/C27H27NO2/c1-18-4-6-21(7-5-18)8-9-22-14-23-10-12-25-16-27(28(29)30)17-26(20(25)3)13-11-24(15-22)19(23)2/h4-9,14-17H,10-13H2,1-3H3/b9-8+. The van der Waals surface area contributed by atoms with Crippen molar-refractivity contribution in [3.63, 3.8) is 0 Å². The average Bonchev–Trinajstić information content (AvgIpc) is 2.72. The van der Waals surface area contributed by atoms with Gasteiger partial charge in [0.05, 0.1) is 4.92 Å². The van der Waals surface area contributed by atoms with Gasteiger partial charge in [0.1, 0.15) is 0 Å². The van der Waals surface area contributed by atoms with E-state index in [2.05, 4.69) is 69.3 Å². The molecule has 1 aliphatic rings. The topological polar surface area (TPSA) is 43.1 Å². The van der Waals surface area contributed by atoms with Gasteiger partial charge in [-0.3, -0.25) is 10.1 Å². The Labute approximate surface area is 178 Å². The number of rotatable bonds is 3. The van der Waals surface area contributed by atoms with E-state index in [1.807, 2.05) is 0 Å². The molecule has 0 unspecified atom stereocenters. The summed E-state index contributed by atoms with van der Waals surface area (Å²) < 4.78 is 0. The van der Waals surface area contributed by atoms with Crippen LogP contribution in [0.5, 0.6) is 0 Å². The van der Waals surface area contributed by atoms with Crippen LogP contribution in [0.25, 0.3) is 12.2 Å². The fourth-order valence-electron chi connectivity index (χ4n) is 4.34. The Balaban J connectivity index is 1.69. The van der Waals surface area contributed by atoms with Gasteiger partial charge < -0.3 is 0 Å². The first-order valence-corrected chi connectivity index (χ1v) is 10.5. The molecule has 3 aromatic carbocycles. The number of nitrogens with zero attached hydrogens (tertiary/aromatic N) is 1. The lowest BCUT2D eigenvalue weighted by atomic mass is 9.86. The lowest BCUT2D eigenvalue weighted by molar-refractivity contribution is -0.385. The number of nitro groups is 1. The number of hydrogen-bond donors (Lipinski definition) is 0. The molecule has 0 fully saturated rings. The molecule has 0 radical (unpaired) electrons. The zero-order valence-corrected chi connectivity index (χ0v) is 17.9. The van der Waals surface area contributed by atoms with Gasteiger partial charge in [-0.2, -0.15) is 0 Å². The van der Waals surface area contributed by atoms with Crippen LogP contribution in [0.3, 0.4) is 0 Å². The van der Waals surface area contributed by atoms with Crippen molar-refractivity contribution in [2.45, 2.75) is 46.5 Å². The normalized spacial score (nSPS) is 13.4. The Morgan fingerprint density at radius 1 is 0.700 bits per heavy atom. The predicted octanol–water partition coefficient (Wildman–Crippen LogP) is 6.57. The van der Waals surface area contributed by atoms with Gasteiger partial charge in [-0.15, -0.1) is 0 Å². The predicted molar refractivity (Wildman–Crippen MR) is 124 cm³/mol. The van der Waals surface area contributed by atoms with E-state index in [0.717, 1.165) is 36.8 Å². The van der Waals surface area contributed by atoms with Gasteiger partial charge in [-0.1, -0.05) is 54.1 Å². The van der Waals surface area contributed by atoms with Crippen LogP contribution in [-0.2, 0) is 25.7 Å². The van der Waals surface area contributed by atoms with E-state index < -0.39 is 0 Å². The van der Waals surface area contributed by atoms with Gasteiger partial charge in [0.2, 0.25) is 0 Å². The molecule has 1 aliphatic carbocycles. The van der Waals surface area contributed by atoms with Crippen LogP contribution in [0.2, 0.25) is 0 Å². The molecular formula is C27H27NO2. The van der Waals surface area contributed by atoms with E-state index in [1.165, 1.54) is 38.9 Å². The fraction of sp³-hybridized carbons (Fsp3) is 0.259. The highest BCUT2D eigenvalue weighted by Crippen LogP contribution is 2.29. The molecule has 3 heteroatoms. The summed E-state index contributed by atoms with van der Waals surface area (Å²) in [4.78, 5) is 11.1. The van der Waals surface area contributed by atoms with Gasteiger partial charge in [0.15, 0.2) is 0 Å². The summed E-state index contributed by atoms with van der Waals surface area (Å²) in [5, 5.41) is 11.4. The van der Waals surface area contributed by atoms with Crippen molar-refractivity contribution in [2.24, 2.45) is 0 Å². The van der Waals surface area contributed by atoms with Crippen molar-refractivity contribution in [2.75, 3.05) is 0 Å². The molecule has 0 N–H and O–H groups in total. The van der Waals surface area contributed by atoms with Crippen molar-refractivity contribution in [3.05, 3.63) is 109 Å². The van der Waals surface area contributed by atoms with E-state index in [0.29, 0.717) is 0 Å². The van der Waals surface area contributed by atoms with Crippen LogP contribution < -0.4 is 0 Å². The summed E-state index contributed by atoms with van der Waals surface area (Å²) >= 11 is 0. The zero-order chi connectivity index (χ0) is 21.3. The molecular weight excluding hydrogens is 370 g/mol. The SMILES string of the molecule is Cc1ccc(/C=C/c2cc3c(C)c(c2)CCc2cc([N+](=O)[O-])cc(c2C)CC3)cc1. The van der Waals surface area contributed by atoms with E-state index in [-0.39, 0.29) is 10.6 Å². The van der Waals surface area contributed by atoms with E-state index in [1.54, 1.807) is 12.1 Å². The Hall–Kier alpha value is -3.20. The molecule has 0 aromatic heterocycles. The van der Waals surface area contributed by atoms with Gasteiger partial charge in [-0.05, 0) is 91.0 Å². The quantitative estimate of drug-likeness (QED) is 0.285. The lowest BCUT2D eigenvalue weighted by Crippen LogP contribution is -2.07. The maximum absolute atomic E-state index is 11.4. The lowest BCUT2D eigenvalue weighted by Gasteiger charge is -2.18. The second kappa shape index (κ2) is 8.27. The molecule has 0 saturated heterocycles. The first kappa shape index (κ1) is 20.1. The summed E-state index contributed by atoms with van der Waals surface area (Å²) in [5.41, 5.74) is 11.3. The highest BCUT2D eigenvalue weighted by atomic mass is 16.6. The fourth-order valence-corrected chi connectivity index (χ4v) is 4.34. The van der Waals surface area contributed by atoms with Crippen molar-refractivity contribution >= 4 is 17.8 Å². The highest BCUT2D eigenvalue weighted by Gasteiger charge is 2.17. The minimum Gasteiger partial charge on any atom is -0.258 e. The Kier molecular flexibility index (Phi) is 5.54. The van der Waals surface area contributed by atoms with Crippen molar-refractivity contribution in [1.82, 2.24) is 0 Å². The molecule has 30 heavy (non-hydrogen) atoms. The minimum atomic E-state index is -0.267. The van der Waals surface area contributed by atoms with Crippen molar-refractivity contribution in [3.8, 4) is 0 Å². The Morgan fingerprint density at radius 2 is 1.13 bits per heavy atom. The van der Waals surface area contributed by atoms with Crippen LogP contribution in [0.4, 0.5) is 5.69 Å². The number of hydrogen-bond acceptors (Lipinski definition) is 2. The first-order chi connectivity index (χ1) is 14.4. The van der Waals surface area contributed by atoms with E-state index in [9.17, 15) is 10.1 Å². The smallest absolute Gasteiger partial charge is 0.258 e. The molecule has 0 heterocycles. The van der Waals surface area contributed by atoms with Gasteiger partial charge in [0.25, 0.3) is 5.69 Å². The monoisotopic (exact) mass is 397 g/mol. The third-order valence-electron chi connectivity index (χ3n) is 6.34. The summed E-state index contributed by atoms with van der Waals surface area (Å²) in [7, 11) is 0. The van der Waals surface area contributed by atoms with Crippen molar-refractivity contribution < 1.29 is 4.92 Å². The number of aryl methyl sites for hydroxylation is 5. The third-order valence-corrected chi connectivity index (χ3v) is 6.34. The number of fused-ring (bicyclic) bond motifs is 4. The third kappa shape index (κ3) is 4.20. The molecule has 4 rings (SSSR count). The minimum absolute atomic E-state index is 0.216. The number of nitro benzene ring substituents is 1. The molecule has 0 amide bonds. The van der Waals surface area contributed by atoms with Crippen LogP contribution in [-0.4, -0.2) is 4.92 Å². The highest BCUT2D eigenvalue weighted by molar-refractivity contribution is 5.70. The van der Waals surface area contributed by atoms with Crippen LogP contribution >= 0.6 is 0 Å². The summed E-state index contributed by atoms with van der Waals surface area (Å²) in [6.07, 6.45) is 7.80. The zero-order valence-electron chi connectivity index (χ0n) is 17.9. The molecule has 0 aliphatic heterocycles. The second-order valence-corrected chi connectivity index (χ2v) is 8.35. The molecule has 4 bridgehead atoms. The maximum Gasteiger partial charge on any atom is 0.269 e. The summed E-state index contributed by atoms with van der Waals surface area (Å²) in [6, 6.07) is 16.6.